The molecule has 0 unspecified atom stereocenters. The van der Waals surface area contributed by atoms with E-state index in [-0.39, 0.29) is 0 Å². The number of alkyl halides is 3. The van der Waals surface area contributed by atoms with Gasteiger partial charge in [0.15, 0.2) is 6.73 Å². The Kier molecular flexibility index (Phi) is 7.36. The summed E-state index contributed by atoms with van der Waals surface area (Å²) in [6.07, 6.45) is -2.04. The van der Waals surface area contributed by atoms with Crippen molar-refractivity contribution in [3.63, 3.8) is 0 Å². The number of likely N-dealkylation sites (tertiary alicyclic amines) is 1. The summed E-state index contributed by atoms with van der Waals surface area (Å²) in [6, 6.07) is 0. The third-order valence-corrected chi connectivity index (χ3v) is 3.10. The van der Waals surface area contributed by atoms with Gasteiger partial charge in [-0.1, -0.05) is 0 Å². The summed E-state index contributed by atoms with van der Waals surface area (Å²) in [5.41, 5.74) is 0. The molecule has 7 heteroatoms. The van der Waals surface area contributed by atoms with Crippen LogP contribution in [0.5, 0.6) is 0 Å². The van der Waals surface area contributed by atoms with E-state index < -0.39 is 12.1 Å². The van der Waals surface area contributed by atoms with E-state index in [1.807, 2.05) is 0 Å². The molecule has 0 radical (unpaired) electrons. The van der Waals surface area contributed by atoms with Gasteiger partial charge in [0.25, 0.3) is 0 Å². The zero-order chi connectivity index (χ0) is 15.1. The molecule has 0 spiro atoms. The zero-order valence-electron chi connectivity index (χ0n) is 11.6. The van der Waals surface area contributed by atoms with Crippen LogP contribution in [0.15, 0.2) is 0 Å². The standard InChI is InChI=1S/C10H22NO.C2HF3O2/c1-4-11(7-5-6-8-11)9-12-10(2)3;3-2(4,5)1(6)7/h10H,4-9H2,1-3H3;(H,6,7)/q+1;/p-1. The Balaban J connectivity index is 0.000000399. The lowest BCUT2D eigenvalue weighted by Gasteiger charge is -2.33. The number of carbonyl (C=O) groups is 1. The highest BCUT2D eigenvalue weighted by molar-refractivity contribution is 5.70. The Morgan fingerprint density at radius 3 is 2.00 bits per heavy atom. The summed E-state index contributed by atoms with van der Waals surface area (Å²) >= 11 is 0. The quantitative estimate of drug-likeness (QED) is 0.732. The summed E-state index contributed by atoms with van der Waals surface area (Å²) in [4.78, 5) is 8.78. The van der Waals surface area contributed by atoms with Gasteiger partial charge in [0.1, 0.15) is 5.97 Å². The predicted molar refractivity (Wildman–Crippen MR) is 61.9 cm³/mol. The third kappa shape index (κ3) is 7.37. The molecule has 1 aliphatic heterocycles. The van der Waals surface area contributed by atoms with Gasteiger partial charge < -0.3 is 19.1 Å². The maximum atomic E-state index is 10.5. The molecule has 1 rings (SSSR count). The summed E-state index contributed by atoms with van der Waals surface area (Å²) in [5, 5.41) is 8.78. The minimum absolute atomic E-state index is 0.382. The smallest absolute Gasteiger partial charge is 0.430 e. The number of carboxylic acids is 1. The molecular formula is C12H22F3NO3. The number of nitrogens with zero attached hydrogens (tertiary/aromatic N) is 1. The lowest BCUT2D eigenvalue weighted by atomic mass is 10.4. The average molecular weight is 285 g/mol. The first-order valence-corrected chi connectivity index (χ1v) is 6.38. The fraction of sp³-hybridized carbons (Fsp3) is 0.917. The number of rotatable bonds is 4. The van der Waals surface area contributed by atoms with Crippen LogP contribution in [0.4, 0.5) is 13.2 Å². The Hall–Kier alpha value is -0.820. The van der Waals surface area contributed by atoms with E-state index in [1.54, 1.807) is 0 Å². The summed E-state index contributed by atoms with van der Waals surface area (Å²) in [7, 11) is 0. The van der Waals surface area contributed by atoms with E-state index in [9.17, 15) is 13.2 Å². The topological polar surface area (TPSA) is 49.4 Å². The molecule has 0 aromatic heterocycles. The van der Waals surface area contributed by atoms with Crippen molar-refractivity contribution < 1.29 is 32.3 Å². The molecule has 1 aliphatic rings. The number of hydrogen-bond acceptors (Lipinski definition) is 3. The van der Waals surface area contributed by atoms with Gasteiger partial charge in [-0.05, 0) is 20.8 Å². The average Bonchev–Trinajstić information content (AvgIpc) is 2.75. The van der Waals surface area contributed by atoms with E-state index >= 15 is 0 Å². The second-order valence-corrected chi connectivity index (χ2v) is 4.94. The molecule has 0 aliphatic carbocycles. The van der Waals surface area contributed by atoms with Crippen molar-refractivity contribution in [1.82, 2.24) is 0 Å². The van der Waals surface area contributed by atoms with Gasteiger partial charge in [-0.2, -0.15) is 13.2 Å². The number of quaternary nitrogens is 1. The largest absolute Gasteiger partial charge is 0.542 e. The zero-order valence-corrected chi connectivity index (χ0v) is 11.6. The van der Waals surface area contributed by atoms with Crippen molar-refractivity contribution in [2.45, 2.75) is 45.9 Å². The Morgan fingerprint density at radius 1 is 1.32 bits per heavy atom. The van der Waals surface area contributed by atoms with Crippen molar-refractivity contribution in [2.24, 2.45) is 0 Å². The van der Waals surface area contributed by atoms with E-state index in [4.69, 9.17) is 14.6 Å². The van der Waals surface area contributed by atoms with E-state index in [2.05, 4.69) is 20.8 Å². The predicted octanol–water partition coefficient (Wildman–Crippen LogP) is 1.30. The maximum Gasteiger partial charge on any atom is 0.430 e. The molecule has 0 amide bonds. The van der Waals surface area contributed by atoms with E-state index in [0.717, 1.165) is 6.73 Å². The number of halogens is 3. The van der Waals surface area contributed by atoms with Gasteiger partial charge >= 0.3 is 6.18 Å². The number of carbonyl (C=O) groups excluding carboxylic acids is 1. The number of aliphatic carboxylic acids is 1. The first-order chi connectivity index (χ1) is 8.63. The molecule has 0 aromatic rings. The summed E-state index contributed by atoms with van der Waals surface area (Å²) < 4.78 is 38.4. The van der Waals surface area contributed by atoms with Crippen LogP contribution in [0.1, 0.15) is 33.6 Å². The highest BCUT2D eigenvalue weighted by Gasteiger charge is 2.30. The Morgan fingerprint density at radius 2 is 1.74 bits per heavy atom. The van der Waals surface area contributed by atoms with Crippen molar-refractivity contribution >= 4 is 5.97 Å². The summed E-state index contributed by atoms with van der Waals surface area (Å²) in [6.45, 7) is 11.3. The number of carboxylic acid groups (broad SMARTS) is 1. The van der Waals surface area contributed by atoms with Crippen LogP contribution >= 0.6 is 0 Å². The van der Waals surface area contributed by atoms with Crippen molar-refractivity contribution in [2.75, 3.05) is 26.4 Å². The molecule has 114 valence electrons. The van der Waals surface area contributed by atoms with Crippen molar-refractivity contribution in [1.29, 1.82) is 0 Å². The van der Waals surface area contributed by atoms with Crippen molar-refractivity contribution in [3.05, 3.63) is 0 Å². The van der Waals surface area contributed by atoms with Crippen LogP contribution in [0, 0.1) is 0 Å². The highest BCUT2D eigenvalue weighted by Crippen LogP contribution is 2.19. The van der Waals surface area contributed by atoms with Crippen LogP contribution in [0.3, 0.4) is 0 Å². The lowest BCUT2D eigenvalue weighted by molar-refractivity contribution is -0.934. The maximum absolute atomic E-state index is 10.5. The molecule has 4 nitrogen and oxygen atoms in total. The van der Waals surface area contributed by atoms with Crippen LogP contribution in [-0.2, 0) is 9.53 Å². The van der Waals surface area contributed by atoms with Gasteiger partial charge in [-0.3, -0.25) is 0 Å². The molecule has 1 fully saturated rings. The molecule has 0 saturated carbocycles. The summed E-state index contributed by atoms with van der Waals surface area (Å²) in [5.74, 6) is -3.01. The van der Waals surface area contributed by atoms with Gasteiger partial charge in [-0.15, -0.1) is 0 Å². The normalized spacial score (nSPS) is 18.1. The second kappa shape index (κ2) is 7.69. The molecule has 0 N–H and O–H groups in total. The number of ether oxygens (including phenoxy) is 1. The van der Waals surface area contributed by atoms with Gasteiger partial charge in [0.05, 0.1) is 25.7 Å². The number of hydrogen-bond donors (Lipinski definition) is 0. The third-order valence-electron chi connectivity index (χ3n) is 3.10. The first-order valence-electron chi connectivity index (χ1n) is 6.38. The first kappa shape index (κ1) is 18.2. The molecule has 19 heavy (non-hydrogen) atoms. The second-order valence-electron chi connectivity index (χ2n) is 4.94. The molecule has 0 atom stereocenters. The molecule has 1 heterocycles. The van der Waals surface area contributed by atoms with Gasteiger partial charge in [0, 0.05) is 12.8 Å². The minimum atomic E-state index is -5.19. The van der Waals surface area contributed by atoms with Crippen LogP contribution in [-0.4, -0.2) is 49.1 Å². The molecule has 0 bridgehead atoms. The highest BCUT2D eigenvalue weighted by atomic mass is 19.4. The monoisotopic (exact) mass is 285 g/mol. The SMILES string of the molecule is CC[N+]1(COC(C)C)CCCC1.O=C([O-])C(F)(F)F. The van der Waals surface area contributed by atoms with Crippen molar-refractivity contribution in [3.8, 4) is 0 Å². The minimum Gasteiger partial charge on any atom is -0.542 e. The van der Waals surface area contributed by atoms with Crippen LogP contribution < -0.4 is 5.11 Å². The van der Waals surface area contributed by atoms with Gasteiger partial charge in [-0.25, -0.2) is 0 Å². The fourth-order valence-electron chi connectivity index (χ4n) is 1.85. The molecule has 0 aromatic carbocycles. The van der Waals surface area contributed by atoms with Crippen LogP contribution in [0.25, 0.3) is 0 Å². The molecule has 1 saturated heterocycles. The Bertz CT molecular complexity index is 274. The van der Waals surface area contributed by atoms with E-state index in [1.165, 1.54) is 37.0 Å². The van der Waals surface area contributed by atoms with E-state index in [0.29, 0.717) is 6.10 Å². The lowest BCUT2D eigenvalue weighted by Crippen LogP contribution is -2.47. The Labute approximate surface area is 111 Å². The molecular weight excluding hydrogens is 263 g/mol. The van der Waals surface area contributed by atoms with Crippen LogP contribution in [0.2, 0.25) is 0 Å². The fourth-order valence-corrected chi connectivity index (χ4v) is 1.85. The van der Waals surface area contributed by atoms with Gasteiger partial charge in [0.2, 0.25) is 0 Å².